The van der Waals surface area contributed by atoms with Gasteiger partial charge in [-0.1, -0.05) is 27.7 Å². The fraction of sp³-hybridized carbons (Fsp3) is 0.263. The number of nitrogens with one attached hydrogen (secondary N) is 8. The third-order valence-corrected chi connectivity index (χ3v) is 15.2. The summed E-state index contributed by atoms with van der Waals surface area (Å²) in [4.78, 5) is 108. The zero-order chi connectivity index (χ0) is 68.4. The van der Waals surface area contributed by atoms with Gasteiger partial charge in [0, 0.05) is 121 Å². The number of hydrogen-bond acceptors (Lipinski definition) is 12. The Labute approximate surface area is 558 Å². The molecule has 9 rings (SSSR count). The lowest BCUT2D eigenvalue weighted by atomic mass is 9.88. The first-order valence-corrected chi connectivity index (χ1v) is 32.2. The Morgan fingerprint density at radius 1 is 0.260 bits per heavy atom. The molecule has 0 saturated carbocycles. The Kier molecular flexibility index (Phi) is 23.4. The van der Waals surface area contributed by atoms with E-state index in [1.165, 1.54) is 27.7 Å². The van der Waals surface area contributed by atoms with E-state index < -0.39 is 23.6 Å². The van der Waals surface area contributed by atoms with Crippen LogP contribution in [0.4, 0.5) is 45.5 Å². The van der Waals surface area contributed by atoms with Gasteiger partial charge in [0.2, 0.25) is 23.6 Å². The fourth-order valence-electron chi connectivity index (χ4n) is 11.1. The van der Waals surface area contributed by atoms with E-state index in [1.54, 1.807) is 146 Å². The monoisotopic (exact) mass is 1300 g/mol. The van der Waals surface area contributed by atoms with Gasteiger partial charge in [-0.3, -0.25) is 38.4 Å². The molecule has 496 valence electrons. The van der Waals surface area contributed by atoms with Crippen molar-refractivity contribution in [2.75, 3.05) is 69.0 Å². The van der Waals surface area contributed by atoms with Gasteiger partial charge in [0.15, 0.2) is 0 Å². The second kappa shape index (κ2) is 32.5. The predicted molar refractivity (Wildman–Crippen MR) is 375 cm³/mol. The van der Waals surface area contributed by atoms with Crippen molar-refractivity contribution in [1.82, 2.24) is 0 Å². The second-order valence-corrected chi connectivity index (χ2v) is 23.4. The molecular weight excluding hydrogens is 1220 g/mol. The molecule has 0 aromatic heterocycles. The van der Waals surface area contributed by atoms with E-state index in [0.29, 0.717) is 139 Å². The van der Waals surface area contributed by atoms with Crippen LogP contribution in [0.1, 0.15) is 167 Å². The molecule has 0 atom stereocenters. The number of rotatable bonds is 24. The van der Waals surface area contributed by atoms with Crippen molar-refractivity contribution in [1.29, 1.82) is 0 Å². The van der Waals surface area contributed by atoms with Crippen molar-refractivity contribution < 1.29 is 57.3 Å². The van der Waals surface area contributed by atoms with Crippen LogP contribution in [0.5, 0.6) is 23.0 Å². The Morgan fingerprint density at radius 2 is 0.406 bits per heavy atom. The van der Waals surface area contributed by atoms with Crippen LogP contribution in [0.3, 0.4) is 0 Å². The highest BCUT2D eigenvalue weighted by molar-refractivity contribution is 6.08. The minimum atomic E-state index is -0.470. The molecule has 0 aliphatic heterocycles. The highest BCUT2D eigenvalue weighted by Crippen LogP contribution is 2.42. The van der Waals surface area contributed by atoms with Crippen LogP contribution in [0.25, 0.3) is 0 Å². The largest absolute Gasteiger partial charge is 0.493 e. The molecule has 20 heteroatoms. The molecule has 8 bridgehead atoms. The van der Waals surface area contributed by atoms with Crippen molar-refractivity contribution in [3.8, 4) is 23.0 Å². The number of ether oxygens (including phenoxy) is 4. The molecule has 20 nitrogen and oxygen atoms in total. The summed E-state index contributed by atoms with van der Waals surface area (Å²) in [6, 6.07) is 41.1. The molecule has 0 heterocycles. The lowest BCUT2D eigenvalue weighted by Crippen LogP contribution is -2.17. The maximum absolute atomic E-state index is 15.0. The predicted octanol–water partition coefficient (Wildman–Crippen LogP) is 14.4. The lowest BCUT2D eigenvalue weighted by molar-refractivity contribution is -0.115. The van der Waals surface area contributed by atoms with Gasteiger partial charge in [-0.05, 0) is 216 Å². The molecule has 8 N–H and O–H groups in total. The smallest absolute Gasteiger partial charge is 0.255 e. The lowest BCUT2D eigenvalue weighted by Gasteiger charge is -2.24. The summed E-state index contributed by atoms with van der Waals surface area (Å²) in [5.74, 6) is -1.06. The van der Waals surface area contributed by atoms with Crippen LogP contribution in [0, 0.1) is 0 Å². The Bertz CT molecular complexity index is 3570. The molecular formula is C76H80N8O12. The van der Waals surface area contributed by atoms with Gasteiger partial charge in [-0.15, -0.1) is 0 Å². The zero-order valence-corrected chi connectivity index (χ0v) is 55.2. The topological polar surface area (TPSA) is 270 Å². The standard InChI is InChI=1S/C76H80N8O12/c1-9-29-93-69-49-33-51-39-58(74(90)82-66-23-15-62(16-24-66)78-46(6)86)41-53(70(51)94-30-10-2)35-55-43-60(76(92)84-68-27-19-64(20-28-68)80-48(8)88)44-56(72(55)96-32-12-4)36-54-42-59(75(91)83-67-25-17-63(18-26-67)79-47(7)87)40-52(71(54)95-31-11-3)34-50(69)38-57(37-49)73(89)81-65-21-13-61(14-22-65)77-45(5)85/h13-28,37-44H,9-12,29-36H2,1-8H3,(H,77,85)(H,78,86)(H,79,87)(H,80,88)(H,81,89)(H,82,90)(H,83,91)(H,84,92). The van der Waals surface area contributed by atoms with Crippen LogP contribution in [0.15, 0.2) is 146 Å². The summed E-state index contributed by atoms with van der Waals surface area (Å²) in [6.07, 6.45) is 2.58. The minimum absolute atomic E-state index is 0.0401. The number of anilines is 8. The van der Waals surface area contributed by atoms with Crippen molar-refractivity contribution >= 4 is 92.8 Å². The van der Waals surface area contributed by atoms with E-state index in [4.69, 9.17) is 18.9 Å². The Hall–Kier alpha value is -11.3. The van der Waals surface area contributed by atoms with Crippen molar-refractivity contribution in [2.24, 2.45) is 0 Å². The maximum Gasteiger partial charge on any atom is 0.255 e. The third kappa shape index (κ3) is 18.5. The van der Waals surface area contributed by atoms with E-state index in [0.717, 1.165) is 0 Å². The molecule has 0 saturated heterocycles. The average molecular weight is 1300 g/mol. The summed E-state index contributed by atoms with van der Waals surface area (Å²) in [6.45, 7) is 14.7. The second-order valence-electron chi connectivity index (χ2n) is 23.4. The zero-order valence-electron chi connectivity index (χ0n) is 55.2. The van der Waals surface area contributed by atoms with Crippen LogP contribution in [-0.4, -0.2) is 73.7 Å². The fourth-order valence-corrected chi connectivity index (χ4v) is 11.1. The normalized spacial score (nSPS) is 11.4. The number of carbonyl (C=O) groups excluding carboxylic acids is 8. The number of benzene rings is 8. The first-order chi connectivity index (χ1) is 46.3. The number of hydrogen-bond donors (Lipinski definition) is 8. The summed E-state index contributed by atoms with van der Waals surface area (Å²) in [5, 5.41) is 23.2. The van der Waals surface area contributed by atoms with E-state index in [1.807, 2.05) is 27.7 Å². The van der Waals surface area contributed by atoms with Gasteiger partial charge < -0.3 is 61.5 Å². The first-order valence-electron chi connectivity index (χ1n) is 32.2. The van der Waals surface area contributed by atoms with Gasteiger partial charge in [-0.25, -0.2) is 0 Å². The van der Waals surface area contributed by atoms with Crippen molar-refractivity contribution in [3.05, 3.63) is 212 Å². The first kappa shape index (κ1) is 69.1. The van der Waals surface area contributed by atoms with Crippen molar-refractivity contribution in [2.45, 2.75) is 107 Å². The SMILES string of the molecule is CCCOc1c2cc(C(=O)Nc3ccc(NC(C)=O)cc3)cc1Cc1cc(C(=O)Nc3ccc(NC(C)=O)cc3)cc(c1OCCC)Cc1cc(C(=O)Nc3ccc(NC(C)=O)cc3)cc(c1OCCC)Cc1cc(C(=O)Nc3ccc(NC(C)=O)cc3)cc(c1OCCC)C2. The highest BCUT2D eigenvalue weighted by atomic mass is 16.5. The van der Waals surface area contributed by atoms with E-state index in [2.05, 4.69) is 42.5 Å². The van der Waals surface area contributed by atoms with Gasteiger partial charge in [0.1, 0.15) is 23.0 Å². The molecule has 0 fully saturated rings. The number of carbonyl (C=O) groups is 8. The number of amides is 8. The third-order valence-electron chi connectivity index (χ3n) is 15.2. The molecule has 8 aromatic rings. The number of fused-ring (bicyclic) bond motifs is 8. The molecule has 0 unspecified atom stereocenters. The summed E-state index contributed by atoms with van der Waals surface area (Å²) in [7, 11) is 0. The summed E-state index contributed by atoms with van der Waals surface area (Å²) < 4.78 is 27.5. The molecule has 1 aliphatic rings. The average Bonchev–Trinajstić information content (AvgIpc) is 0.773. The van der Waals surface area contributed by atoms with E-state index in [9.17, 15) is 19.2 Å². The quantitative estimate of drug-likeness (QED) is 0.0281. The van der Waals surface area contributed by atoms with Gasteiger partial charge in [0.25, 0.3) is 23.6 Å². The minimum Gasteiger partial charge on any atom is -0.493 e. The summed E-state index contributed by atoms with van der Waals surface area (Å²) >= 11 is 0. The van der Waals surface area contributed by atoms with Gasteiger partial charge >= 0.3 is 0 Å². The molecule has 0 spiro atoms. The molecule has 8 aromatic carbocycles. The van der Waals surface area contributed by atoms with Gasteiger partial charge in [-0.2, -0.15) is 0 Å². The van der Waals surface area contributed by atoms with E-state index in [-0.39, 0.29) is 98.0 Å². The molecule has 0 radical (unpaired) electrons. The maximum atomic E-state index is 15.0. The van der Waals surface area contributed by atoms with Gasteiger partial charge in [0.05, 0.1) is 26.4 Å². The summed E-state index contributed by atoms with van der Waals surface area (Å²) in [5.41, 5.74) is 9.44. The molecule has 96 heavy (non-hydrogen) atoms. The van der Waals surface area contributed by atoms with E-state index >= 15 is 19.2 Å². The molecule has 1 aliphatic carbocycles. The van der Waals surface area contributed by atoms with Crippen molar-refractivity contribution in [3.63, 3.8) is 0 Å². The van der Waals surface area contributed by atoms with Crippen LogP contribution >= 0.6 is 0 Å². The van der Waals surface area contributed by atoms with Crippen LogP contribution in [-0.2, 0) is 44.9 Å². The Morgan fingerprint density at radius 3 is 0.542 bits per heavy atom. The highest BCUT2D eigenvalue weighted by Gasteiger charge is 2.28. The van der Waals surface area contributed by atoms with Crippen LogP contribution in [0.2, 0.25) is 0 Å². The van der Waals surface area contributed by atoms with Crippen LogP contribution < -0.4 is 61.5 Å². The molecule has 8 amide bonds. The Balaban J connectivity index is 1.32.